The zero-order chi connectivity index (χ0) is 19.1. The van der Waals surface area contributed by atoms with Crippen molar-refractivity contribution < 1.29 is 14.3 Å². The number of amides is 1. The van der Waals surface area contributed by atoms with Crippen molar-refractivity contribution in [1.82, 2.24) is 9.88 Å². The SMILES string of the molecule is Cc1cncc(COC2CCOC3(C2)CN(C(=O)c2cc4c(s2)CCC4)C3)c1. The Balaban J connectivity index is 1.16. The lowest BCUT2D eigenvalue weighted by Gasteiger charge is -2.52. The van der Waals surface area contributed by atoms with Crippen LogP contribution in [0.25, 0.3) is 0 Å². The first kappa shape index (κ1) is 18.3. The molecule has 0 N–H and O–H groups in total. The van der Waals surface area contributed by atoms with Crippen LogP contribution in [0.1, 0.15) is 50.5 Å². The van der Waals surface area contributed by atoms with E-state index in [9.17, 15) is 4.79 Å². The fraction of sp³-hybridized carbons (Fsp3) is 0.545. The van der Waals surface area contributed by atoms with E-state index in [1.165, 1.54) is 16.9 Å². The van der Waals surface area contributed by atoms with E-state index in [0.29, 0.717) is 26.3 Å². The fourth-order valence-electron chi connectivity index (χ4n) is 4.64. The van der Waals surface area contributed by atoms with Crippen molar-refractivity contribution in [3.05, 3.63) is 51.0 Å². The fourth-order valence-corrected chi connectivity index (χ4v) is 5.86. The van der Waals surface area contributed by atoms with Gasteiger partial charge in [-0.25, -0.2) is 0 Å². The van der Waals surface area contributed by atoms with Gasteiger partial charge in [0.25, 0.3) is 5.91 Å². The molecule has 2 fully saturated rings. The Kier molecular flexibility index (Phi) is 4.73. The highest BCUT2D eigenvalue weighted by molar-refractivity contribution is 7.14. The number of ether oxygens (including phenoxy) is 2. The predicted molar refractivity (Wildman–Crippen MR) is 108 cm³/mol. The van der Waals surface area contributed by atoms with E-state index in [4.69, 9.17) is 9.47 Å². The van der Waals surface area contributed by atoms with Gasteiger partial charge in [0.05, 0.1) is 30.7 Å². The van der Waals surface area contributed by atoms with E-state index < -0.39 is 0 Å². The zero-order valence-electron chi connectivity index (χ0n) is 16.3. The third-order valence-corrected chi connectivity index (χ3v) is 7.29. The van der Waals surface area contributed by atoms with Crippen molar-refractivity contribution in [3.63, 3.8) is 0 Å². The Hall–Kier alpha value is -1.76. The Morgan fingerprint density at radius 2 is 2.25 bits per heavy atom. The number of fused-ring (bicyclic) bond motifs is 1. The first-order chi connectivity index (χ1) is 13.6. The minimum atomic E-state index is -0.219. The van der Waals surface area contributed by atoms with E-state index in [0.717, 1.165) is 41.7 Å². The lowest BCUT2D eigenvalue weighted by atomic mass is 9.84. The first-order valence-corrected chi connectivity index (χ1v) is 11.0. The van der Waals surface area contributed by atoms with Gasteiger partial charge in [0, 0.05) is 30.3 Å². The zero-order valence-corrected chi connectivity index (χ0v) is 17.1. The molecule has 0 bridgehead atoms. The van der Waals surface area contributed by atoms with Gasteiger partial charge in [-0.2, -0.15) is 0 Å². The number of hydrogen-bond donors (Lipinski definition) is 0. The van der Waals surface area contributed by atoms with Crippen LogP contribution in [0.5, 0.6) is 0 Å². The van der Waals surface area contributed by atoms with Crippen LogP contribution in [-0.2, 0) is 28.9 Å². The van der Waals surface area contributed by atoms with Gasteiger partial charge >= 0.3 is 0 Å². The summed E-state index contributed by atoms with van der Waals surface area (Å²) < 4.78 is 12.3. The maximum absolute atomic E-state index is 12.8. The van der Waals surface area contributed by atoms with Crippen molar-refractivity contribution in [1.29, 1.82) is 0 Å². The molecule has 5 nitrogen and oxygen atoms in total. The molecule has 0 aromatic carbocycles. The summed E-state index contributed by atoms with van der Waals surface area (Å²) in [5.74, 6) is 0.169. The number of thiophene rings is 1. The van der Waals surface area contributed by atoms with E-state index in [1.54, 1.807) is 11.3 Å². The quantitative estimate of drug-likeness (QED) is 0.791. The number of pyridine rings is 1. The van der Waals surface area contributed by atoms with Crippen LogP contribution in [0.4, 0.5) is 0 Å². The summed E-state index contributed by atoms with van der Waals surface area (Å²) in [6.07, 6.45) is 9.16. The Bertz CT molecular complexity index is 866. The van der Waals surface area contributed by atoms with E-state index in [-0.39, 0.29) is 17.6 Å². The number of aryl methyl sites for hydroxylation is 3. The topological polar surface area (TPSA) is 51.7 Å². The van der Waals surface area contributed by atoms with Crippen LogP contribution in [0, 0.1) is 6.92 Å². The molecule has 5 rings (SSSR count). The summed E-state index contributed by atoms with van der Waals surface area (Å²) in [4.78, 5) is 21.3. The molecule has 28 heavy (non-hydrogen) atoms. The van der Waals surface area contributed by atoms with E-state index >= 15 is 0 Å². The van der Waals surface area contributed by atoms with Crippen LogP contribution < -0.4 is 0 Å². The average molecular weight is 399 g/mol. The number of carbonyl (C=O) groups is 1. The third kappa shape index (κ3) is 3.49. The summed E-state index contributed by atoms with van der Waals surface area (Å²) in [7, 11) is 0. The van der Waals surface area contributed by atoms with Gasteiger partial charge in [-0.1, -0.05) is 6.07 Å². The molecule has 2 aromatic heterocycles. The Labute approximate surface area is 169 Å². The molecule has 6 heteroatoms. The molecule has 1 unspecified atom stereocenters. The van der Waals surface area contributed by atoms with Crippen molar-refractivity contribution in [2.75, 3.05) is 19.7 Å². The molecule has 148 valence electrons. The number of carbonyl (C=O) groups excluding carboxylic acids is 1. The monoisotopic (exact) mass is 398 g/mol. The second kappa shape index (κ2) is 7.25. The van der Waals surface area contributed by atoms with Crippen LogP contribution >= 0.6 is 11.3 Å². The standard InChI is InChI=1S/C22H26N2O3S/c1-15-7-16(11-23-10-15)12-26-18-5-6-27-22(9-18)13-24(14-22)21(25)20-8-17-3-2-4-19(17)28-20/h7-8,10-11,18H,2-6,9,12-14H2,1H3. The van der Waals surface area contributed by atoms with Crippen molar-refractivity contribution >= 4 is 17.2 Å². The van der Waals surface area contributed by atoms with Gasteiger partial charge in [0.1, 0.15) is 5.60 Å². The molecule has 1 amide bonds. The first-order valence-electron chi connectivity index (χ1n) is 10.2. The van der Waals surface area contributed by atoms with Gasteiger partial charge in [-0.15, -0.1) is 11.3 Å². The third-order valence-electron chi connectivity index (χ3n) is 6.07. The molecule has 4 heterocycles. The van der Waals surface area contributed by atoms with Gasteiger partial charge in [0.15, 0.2) is 0 Å². The molecular weight excluding hydrogens is 372 g/mol. The Morgan fingerprint density at radius 1 is 1.36 bits per heavy atom. The van der Waals surface area contributed by atoms with Crippen LogP contribution in [0.3, 0.4) is 0 Å². The molecule has 3 aliphatic rings. The lowest BCUT2D eigenvalue weighted by molar-refractivity contribution is -0.187. The minimum Gasteiger partial charge on any atom is -0.373 e. The lowest BCUT2D eigenvalue weighted by Crippen LogP contribution is -2.67. The highest BCUT2D eigenvalue weighted by Crippen LogP contribution is 2.38. The number of rotatable bonds is 4. The van der Waals surface area contributed by atoms with Crippen molar-refractivity contribution in [2.24, 2.45) is 0 Å². The molecule has 2 aliphatic heterocycles. The highest BCUT2D eigenvalue weighted by atomic mass is 32.1. The molecule has 0 radical (unpaired) electrons. The van der Waals surface area contributed by atoms with Gasteiger partial charge in [0.2, 0.25) is 0 Å². The molecule has 2 saturated heterocycles. The summed E-state index contributed by atoms with van der Waals surface area (Å²) >= 11 is 1.69. The van der Waals surface area contributed by atoms with Gasteiger partial charge in [-0.3, -0.25) is 9.78 Å². The molecule has 1 spiro atoms. The predicted octanol–water partition coefficient (Wildman–Crippen LogP) is 3.53. The maximum Gasteiger partial charge on any atom is 0.264 e. The maximum atomic E-state index is 12.8. The van der Waals surface area contributed by atoms with Gasteiger partial charge in [-0.05, 0) is 55.4 Å². The summed E-state index contributed by atoms with van der Waals surface area (Å²) in [5.41, 5.74) is 3.43. The molecule has 1 atom stereocenters. The largest absolute Gasteiger partial charge is 0.373 e. The second-order valence-electron chi connectivity index (χ2n) is 8.40. The molecular formula is C22H26N2O3S. The van der Waals surface area contributed by atoms with E-state index in [1.807, 2.05) is 24.2 Å². The number of nitrogens with zero attached hydrogens (tertiary/aromatic N) is 2. The van der Waals surface area contributed by atoms with Gasteiger partial charge < -0.3 is 14.4 Å². The smallest absolute Gasteiger partial charge is 0.264 e. The highest BCUT2D eigenvalue weighted by Gasteiger charge is 2.50. The van der Waals surface area contributed by atoms with Crippen LogP contribution in [0.15, 0.2) is 24.5 Å². The average Bonchev–Trinajstić information content (AvgIpc) is 3.26. The van der Waals surface area contributed by atoms with Crippen LogP contribution in [0.2, 0.25) is 0 Å². The van der Waals surface area contributed by atoms with Crippen LogP contribution in [-0.4, -0.2) is 47.2 Å². The molecule has 1 aliphatic carbocycles. The van der Waals surface area contributed by atoms with Crippen molar-refractivity contribution in [3.8, 4) is 0 Å². The summed E-state index contributed by atoms with van der Waals surface area (Å²) in [6, 6.07) is 4.23. The molecule has 2 aromatic rings. The Morgan fingerprint density at radius 3 is 3.07 bits per heavy atom. The second-order valence-corrected chi connectivity index (χ2v) is 9.54. The number of hydrogen-bond acceptors (Lipinski definition) is 5. The normalized spacial score (nSPS) is 22.9. The molecule has 0 saturated carbocycles. The number of aromatic nitrogens is 1. The minimum absolute atomic E-state index is 0.169. The summed E-state index contributed by atoms with van der Waals surface area (Å²) in [5, 5.41) is 0. The van der Waals surface area contributed by atoms with Crippen molar-refractivity contribution in [2.45, 2.75) is 57.3 Å². The number of likely N-dealkylation sites (tertiary alicyclic amines) is 1. The van der Waals surface area contributed by atoms with E-state index in [2.05, 4.69) is 17.1 Å². The summed E-state index contributed by atoms with van der Waals surface area (Å²) in [6.45, 7) is 4.69.